The molecule has 3 aromatic rings. The molecular weight excluding hydrogens is 372 g/mol. The van der Waals surface area contributed by atoms with Crippen molar-refractivity contribution in [2.45, 2.75) is 44.2 Å². The summed E-state index contributed by atoms with van der Waals surface area (Å²) >= 11 is 0. The van der Waals surface area contributed by atoms with Gasteiger partial charge in [0.1, 0.15) is 11.6 Å². The lowest BCUT2D eigenvalue weighted by atomic mass is 9.78. The van der Waals surface area contributed by atoms with Gasteiger partial charge in [-0.15, -0.1) is 0 Å². The topological polar surface area (TPSA) is 109 Å². The van der Waals surface area contributed by atoms with E-state index in [1.165, 1.54) is 0 Å². The summed E-state index contributed by atoms with van der Waals surface area (Å²) in [6.07, 6.45) is 5.00. The van der Waals surface area contributed by atoms with E-state index in [2.05, 4.69) is 27.1 Å². The van der Waals surface area contributed by atoms with Gasteiger partial charge in [0, 0.05) is 30.8 Å². The van der Waals surface area contributed by atoms with Crippen LogP contribution < -0.4 is 4.90 Å². The van der Waals surface area contributed by atoms with Gasteiger partial charge in [0.25, 0.3) is 0 Å². The van der Waals surface area contributed by atoms with Crippen LogP contribution in [0.3, 0.4) is 0 Å². The maximum atomic E-state index is 11.8. The standard InChI is InChI=1S/C20H24N6O3/c1-13-12-29-9-8-25(13)18-10-16(20(28)5-2-14(27)3-6-20)15-11-22-26(19(15)23-18)17-4-7-21-24-17/h4,7,10-11,13,28H,2-3,5-6,8-9,12H2,1H3,(H,21,24)/t13-/m1/s1. The molecule has 29 heavy (non-hydrogen) atoms. The third kappa shape index (κ3) is 3.10. The van der Waals surface area contributed by atoms with Crippen LogP contribution in [-0.4, -0.2) is 61.7 Å². The van der Waals surface area contributed by atoms with E-state index in [1.54, 1.807) is 17.1 Å². The zero-order chi connectivity index (χ0) is 20.0. The Morgan fingerprint density at radius 2 is 2.17 bits per heavy atom. The number of pyridine rings is 1. The quantitative estimate of drug-likeness (QED) is 0.693. The number of fused-ring (bicyclic) bond motifs is 1. The molecule has 4 heterocycles. The molecule has 0 unspecified atom stereocenters. The molecule has 1 atom stereocenters. The Morgan fingerprint density at radius 1 is 1.34 bits per heavy atom. The minimum absolute atomic E-state index is 0.174. The maximum absolute atomic E-state index is 11.8. The normalized spacial score (nSPS) is 22.3. The van der Waals surface area contributed by atoms with E-state index >= 15 is 0 Å². The van der Waals surface area contributed by atoms with E-state index < -0.39 is 5.60 Å². The lowest BCUT2D eigenvalue weighted by molar-refractivity contribution is -0.125. The Kier molecular flexibility index (Phi) is 4.36. The third-order valence-electron chi connectivity index (χ3n) is 6.04. The third-order valence-corrected chi connectivity index (χ3v) is 6.04. The predicted molar refractivity (Wildman–Crippen MR) is 106 cm³/mol. The summed E-state index contributed by atoms with van der Waals surface area (Å²) in [6, 6.07) is 3.97. The molecule has 9 nitrogen and oxygen atoms in total. The summed E-state index contributed by atoms with van der Waals surface area (Å²) in [6.45, 7) is 4.10. The fourth-order valence-corrected chi connectivity index (χ4v) is 4.34. The van der Waals surface area contributed by atoms with Gasteiger partial charge in [0.2, 0.25) is 0 Å². The van der Waals surface area contributed by atoms with Crippen LogP contribution >= 0.6 is 0 Å². The molecule has 1 saturated heterocycles. The number of hydrogen-bond donors (Lipinski definition) is 2. The van der Waals surface area contributed by atoms with Crippen LogP contribution in [0, 0.1) is 0 Å². The number of ether oxygens (including phenoxy) is 1. The van der Waals surface area contributed by atoms with Crippen molar-refractivity contribution in [2.24, 2.45) is 0 Å². The van der Waals surface area contributed by atoms with Gasteiger partial charge in [-0.1, -0.05) is 0 Å². The first-order chi connectivity index (χ1) is 14.0. The number of aliphatic hydroxyl groups is 1. The second kappa shape index (κ2) is 6.93. The zero-order valence-electron chi connectivity index (χ0n) is 16.3. The van der Waals surface area contributed by atoms with Crippen LogP contribution in [0.5, 0.6) is 0 Å². The van der Waals surface area contributed by atoms with Crippen LogP contribution in [0.15, 0.2) is 24.5 Å². The molecule has 0 bridgehead atoms. The monoisotopic (exact) mass is 396 g/mol. The number of carbonyl (C=O) groups excluding carboxylic acids is 1. The molecule has 9 heteroatoms. The first kappa shape index (κ1) is 18.3. The summed E-state index contributed by atoms with van der Waals surface area (Å²) in [7, 11) is 0. The highest BCUT2D eigenvalue weighted by Gasteiger charge is 2.37. The van der Waals surface area contributed by atoms with Gasteiger partial charge in [-0.25, -0.2) is 4.98 Å². The Balaban J connectivity index is 1.69. The van der Waals surface area contributed by atoms with E-state index in [4.69, 9.17) is 9.72 Å². The van der Waals surface area contributed by atoms with Gasteiger partial charge in [0.05, 0.1) is 37.3 Å². The molecule has 0 spiro atoms. The fourth-order valence-electron chi connectivity index (χ4n) is 4.34. The van der Waals surface area contributed by atoms with Crippen molar-refractivity contribution in [2.75, 3.05) is 24.7 Å². The number of hydrogen-bond acceptors (Lipinski definition) is 7. The van der Waals surface area contributed by atoms with Crippen LogP contribution in [0.2, 0.25) is 0 Å². The summed E-state index contributed by atoms with van der Waals surface area (Å²) in [4.78, 5) is 18.9. The number of aromatic nitrogens is 5. The van der Waals surface area contributed by atoms with Crippen LogP contribution in [0.4, 0.5) is 5.82 Å². The second-order valence-corrected chi connectivity index (χ2v) is 7.95. The molecule has 2 fully saturated rings. The minimum atomic E-state index is -1.07. The lowest BCUT2D eigenvalue weighted by Crippen LogP contribution is -2.44. The van der Waals surface area contributed by atoms with E-state index in [0.717, 1.165) is 23.3 Å². The van der Waals surface area contributed by atoms with Crippen molar-refractivity contribution < 1.29 is 14.6 Å². The van der Waals surface area contributed by atoms with Gasteiger partial charge in [0.15, 0.2) is 11.5 Å². The smallest absolute Gasteiger partial charge is 0.167 e. The number of carbonyl (C=O) groups is 1. The number of H-pyrrole nitrogens is 1. The van der Waals surface area contributed by atoms with Crippen molar-refractivity contribution >= 4 is 22.6 Å². The first-order valence-electron chi connectivity index (χ1n) is 10.0. The highest BCUT2D eigenvalue weighted by molar-refractivity contribution is 5.85. The zero-order valence-corrected chi connectivity index (χ0v) is 16.3. The number of nitrogens with one attached hydrogen (secondary N) is 1. The summed E-state index contributed by atoms with van der Waals surface area (Å²) < 4.78 is 7.29. The number of anilines is 1. The van der Waals surface area contributed by atoms with Gasteiger partial charge >= 0.3 is 0 Å². The Morgan fingerprint density at radius 3 is 2.90 bits per heavy atom. The number of rotatable bonds is 3. The minimum Gasteiger partial charge on any atom is -0.385 e. The van der Waals surface area contributed by atoms with E-state index in [0.29, 0.717) is 50.4 Å². The predicted octanol–water partition coefficient (Wildman–Crippen LogP) is 1.70. The Labute approximate surface area is 167 Å². The number of morpholine rings is 1. The Hall–Kier alpha value is -2.78. The molecule has 5 rings (SSSR count). The van der Waals surface area contributed by atoms with Crippen molar-refractivity contribution in [3.8, 4) is 5.82 Å². The molecule has 0 radical (unpaired) electrons. The van der Waals surface area contributed by atoms with Crippen molar-refractivity contribution in [1.82, 2.24) is 25.0 Å². The van der Waals surface area contributed by atoms with Gasteiger partial charge in [-0.05, 0) is 31.4 Å². The van der Waals surface area contributed by atoms with E-state index in [1.807, 2.05) is 12.1 Å². The number of Topliss-reactive ketones (excluding diaryl/α,β-unsaturated/α-hetero) is 1. The second-order valence-electron chi connectivity index (χ2n) is 7.95. The van der Waals surface area contributed by atoms with Gasteiger partial charge in [-0.3, -0.25) is 9.89 Å². The van der Waals surface area contributed by atoms with Crippen LogP contribution in [-0.2, 0) is 15.1 Å². The van der Waals surface area contributed by atoms with Crippen LogP contribution in [0.1, 0.15) is 38.2 Å². The molecule has 1 aliphatic carbocycles. The molecule has 0 amide bonds. The summed E-state index contributed by atoms with van der Waals surface area (Å²) in [5.74, 6) is 1.70. The van der Waals surface area contributed by atoms with E-state index in [-0.39, 0.29) is 11.8 Å². The molecule has 2 N–H and O–H groups in total. The molecule has 3 aromatic heterocycles. The molecule has 1 saturated carbocycles. The van der Waals surface area contributed by atoms with Crippen molar-refractivity contribution in [1.29, 1.82) is 0 Å². The van der Waals surface area contributed by atoms with Crippen LogP contribution in [0.25, 0.3) is 16.9 Å². The number of ketones is 1. The fraction of sp³-hybridized carbons (Fsp3) is 0.500. The Bertz CT molecular complexity index is 1030. The summed E-state index contributed by atoms with van der Waals surface area (Å²) in [5, 5.41) is 23.7. The highest BCUT2D eigenvalue weighted by Crippen LogP contribution is 2.40. The average Bonchev–Trinajstić information content (AvgIpc) is 3.39. The molecule has 152 valence electrons. The summed E-state index contributed by atoms with van der Waals surface area (Å²) in [5.41, 5.74) is 0.376. The molecule has 0 aromatic carbocycles. The maximum Gasteiger partial charge on any atom is 0.167 e. The van der Waals surface area contributed by atoms with Crippen molar-refractivity contribution in [3.05, 3.63) is 30.1 Å². The molecule has 2 aliphatic rings. The highest BCUT2D eigenvalue weighted by atomic mass is 16.5. The van der Waals surface area contributed by atoms with Gasteiger partial charge < -0.3 is 14.7 Å². The average molecular weight is 396 g/mol. The number of nitrogens with zero attached hydrogens (tertiary/aromatic N) is 5. The first-order valence-corrected chi connectivity index (χ1v) is 10.0. The lowest BCUT2D eigenvalue weighted by Gasteiger charge is -2.36. The van der Waals surface area contributed by atoms with Crippen molar-refractivity contribution in [3.63, 3.8) is 0 Å². The largest absolute Gasteiger partial charge is 0.385 e. The number of aromatic amines is 1. The molecular formula is C20H24N6O3. The SMILES string of the molecule is C[C@@H]1COCCN1c1cc(C2(O)CCC(=O)CC2)c2cnn(-c3ccn[nH]3)c2n1. The van der Waals surface area contributed by atoms with E-state index in [9.17, 15) is 9.90 Å². The molecule has 1 aliphatic heterocycles. The van der Waals surface area contributed by atoms with Gasteiger partial charge in [-0.2, -0.15) is 14.9 Å².